The number of anilines is 1. The number of carbonyl (C=O) groups is 2. The van der Waals surface area contributed by atoms with Crippen molar-refractivity contribution < 1.29 is 23.1 Å². The van der Waals surface area contributed by atoms with Gasteiger partial charge in [-0.25, -0.2) is 17.5 Å². The monoisotopic (exact) mass is 523 g/mol. The third-order valence-corrected chi connectivity index (χ3v) is 8.74. The van der Waals surface area contributed by atoms with Gasteiger partial charge in [-0.15, -0.1) is 0 Å². The number of aliphatic carboxylic acids is 1. The molecule has 0 unspecified atom stereocenters. The molecule has 9 heteroatoms. The van der Waals surface area contributed by atoms with Gasteiger partial charge >= 0.3 is 5.97 Å². The Labute approximate surface area is 217 Å². The Morgan fingerprint density at radius 2 is 1.68 bits per heavy atom. The number of amides is 1. The second-order valence-corrected chi connectivity index (χ2v) is 11.3. The molecule has 0 aromatic heterocycles. The van der Waals surface area contributed by atoms with Gasteiger partial charge in [0.05, 0.1) is 10.9 Å². The van der Waals surface area contributed by atoms with E-state index in [1.54, 1.807) is 18.2 Å². The standard InChI is InChI=1S/C28H33N3O5S/c1-4-5-14-25(28(33)34)31(27(32)23-17-19-10-6-7-11-20(19)18-29-23)37(35,36)26-16-9-12-21-22(26)13-8-15-24(21)30(2)3/h6-13,15-16,23,25,29H,4-5,14,17-18H2,1-3H3,(H,33,34)/t23-,25-/m0/s1. The highest BCUT2D eigenvalue weighted by Gasteiger charge is 2.43. The van der Waals surface area contributed by atoms with Crippen molar-refractivity contribution in [2.75, 3.05) is 19.0 Å². The number of nitrogens with zero attached hydrogens (tertiary/aromatic N) is 2. The van der Waals surface area contributed by atoms with Crippen molar-refractivity contribution in [2.24, 2.45) is 0 Å². The Morgan fingerprint density at radius 1 is 1.00 bits per heavy atom. The molecule has 4 rings (SSSR count). The van der Waals surface area contributed by atoms with Gasteiger partial charge in [-0.2, -0.15) is 0 Å². The molecule has 2 N–H and O–H groups in total. The van der Waals surface area contributed by atoms with E-state index in [9.17, 15) is 23.1 Å². The van der Waals surface area contributed by atoms with Gasteiger partial charge in [0.15, 0.2) is 0 Å². The quantitative estimate of drug-likeness (QED) is 0.440. The van der Waals surface area contributed by atoms with E-state index in [1.807, 2.05) is 62.3 Å². The van der Waals surface area contributed by atoms with Crippen LogP contribution in [0.4, 0.5) is 5.69 Å². The maximum Gasteiger partial charge on any atom is 0.327 e. The van der Waals surface area contributed by atoms with Crippen LogP contribution >= 0.6 is 0 Å². The lowest BCUT2D eigenvalue weighted by Crippen LogP contribution is -2.56. The number of unbranched alkanes of at least 4 members (excludes halogenated alkanes) is 1. The molecule has 8 nitrogen and oxygen atoms in total. The SMILES string of the molecule is CCCC[C@@H](C(=O)O)N(C(=O)[C@@H]1Cc2ccccc2CN1)S(=O)(=O)c1cccc2c(N(C)C)cccc12. The minimum Gasteiger partial charge on any atom is -0.480 e. The highest BCUT2D eigenvalue weighted by molar-refractivity contribution is 7.90. The van der Waals surface area contributed by atoms with Crippen molar-refractivity contribution in [3.8, 4) is 0 Å². The molecule has 37 heavy (non-hydrogen) atoms. The zero-order valence-electron chi connectivity index (χ0n) is 21.3. The third kappa shape index (κ3) is 5.19. The van der Waals surface area contributed by atoms with E-state index < -0.39 is 34.0 Å². The fourth-order valence-electron chi connectivity index (χ4n) is 4.95. The summed E-state index contributed by atoms with van der Waals surface area (Å²) < 4.78 is 29.2. The van der Waals surface area contributed by atoms with Crippen LogP contribution in [0.25, 0.3) is 10.8 Å². The smallest absolute Gasteiger partial charge is 0.327 e. The number of benzene rings is 3. The van der Waals surface area contributed by atoms with E-state index in [4.69, 9.17) is 0 Å². The zero-order valence-corrected chi connectivity index (χ0v) is 22.2. The van der Waals surface area contributed by atoms with Gasteiger partial charge in [0.25, 0.3) is 15.9 Å². The van der Waals surface area contributed by atoms with Crippen LogP contribution in [0.3, 0.4) is 0 Å². The summed E-state index contributed by atoms with van der Waals surface area (Å²) in [7, 11) is -0.797. The molecule has 0 bridgehead atoms. The normalized spacial score (nSPS) is 16.1. The van der Waals surface area contributed by atoms with Crippen LogP contribution in [0, 0.1) is 0 Å². The van der Waals surface area contributed by atoms with Crippen LogP contribution < -0.4 is 10.2 Å². The molecule has 0 radical (unpaired) electrons. The zero-order chi connectivity index (χ0) is 26.7. The number of nitrogens with one attached hydrogen (secondary N) is 1. The molecule has 3 aromatic rings. The van der Waals surface area contributed by atoms with Crippen LogP contribution in [-0.4, -0.2) is 55.9 Å². The van der Waals surface area contributed by atoms with Gasteiger partial charge in [-0.3, -0.25) is 4.79 Å². The van der Waals surface area contributed by atoms with Crippen LogP contribution in [0.15, 0.2) is 65.6 Å². The summed E-state index contributed by atoms with van der Waals surface area (Å²) in [5, 5.41) is 14.4. The molecule has 0 saturated heterocycles. The van der Waals surface area contributed by atoms with Gasteiger partial charge in [-0.05, 0) is 36.1 Å². The summed E-state index contributed by atoms with van der Waals surface area (Å²) in [5.74, 6) is -2.09. The molecule has 196 valence electrons. The molecule has 0 spiro atoms. The number of carboxylic acid groups (broad SMARTS) is 1. The lowest BCUT2D eigenvalue weighted by Gasteiger charge is -2.34. The van der Waals surface area contributed by atoms with Crippen LogP contribution in [0.1, 0.15) is 37.3 Å². The minimum atomic E-state index is -4.53. The van der Waals surface area contributed by atoms with Crippen molar-refractivity contribution >= 4 is 38.4 Å². The second-order valence-electron chi connectivity index (χ2n) is 9.56. The molecule has 0 fully saturated rings. The number of carbonyl (C=O) groups excluding carboxylic acids is 1. The van der Waals surface area contributed by atoms with Crippen molar-refractivity contribution in [3.63, 3.8) is 0 Å². The lowest BCUT2D eigenvalue weighted by molar-refractivity contribution is -0.147. The Kier molecular flexibility index (Phi) is 7.85. The fourth-order valence-corrected chi connectivity index (χ4v) is 6.76. The van der Waals surface area contributed by atoms with E-state index in [1.165, 1.54) is 6.07 Å². The maximum absolute atomic E-state index is 14.3. The minimum absolute atomic E-state index is 0.0355. The predicted octanol–water partition coefficient (Wildman–Crippen LogP) is 3.78. The number of hydrogen-bond acceptors (Lipinski definition) is 6. The van der Waals surface area contributed by atoms with E-state index >= 15 is 0 Å². The fraction of sp³-hybridized carbons (Fsp3) is 0.357. The van der Waals surface area contributed by atoms with E-state index in [2.05, 4.69) is 5.32 Å². The summed E-state index contributed by atoms with van der Waals surface area (Å²) in [6, 6.07) is 15.5. The lowest BCUT2D eigenvalue weighted by atomic mass is 9.95. The molecule has 0 aliphatic carbocycles. The highest BCUT2D eigenvalue weighted by atomic mass is 32.2. The molecule has 1 heterocycles. The van der Waals surface area contributed by atoms with Crippen molar-refractivity contribution in [1.82, 2.24) is 9.62 Å². The molecule has 0 saturated carbocycles. The molecule has 1 amide bonds. The van der Waals surface area contributed by atoms with E-state index in [0.717, 1.165) is 16.8 Å². The summed E-state index contributed by atoms with van der Waals surface area (Å²) in [6.07, 6.45) is 1.45. The van der Waals surface area contributed by atoms with Gasteiger partial charge < -0.3 is 15.3 Å². The Bertz CT molecular complexity index is 1420. The van der Waals surface area contributed by atoms with E-state index in [-0.39, 0.29) is 17.7 Å². The summed E-state index contributed by atoms with van der Waals surface area (Å²) in [5.41, 5.74) is 2.80. The van der Waals surface area contributed by atoms with Gasteiger partial charge in [0, 0.05) is 37.1 Å². The Morgan fingerprint density at radius 3 is 2.35 bits per heavy atom. The number of carboxylic acids is 1. The molecule has 3 aromatic carbocycles. The first-order valence-corrected chi connectivity index (χ1v) is 13.9. The molecule has 2 atom stereocenters. The topological polar surface area (TPSA) is 107 Å². The summed E-state index contributed by atoms with van der Waals surface area (Å²) in [6.45, 7) is 2.29. The Hall–Kier alpha value is -3.43. The first kappa shape index (κ1) is 26.6. The average molecular weight is 524 g/mol. The van der Waals surface area contributed by atoms with E-state index in [0.29, 0.717) is 34.5 Å². The largest absolute Gasteiger partial charge is 0.480 e. The molecule has 1 aliphatic rings. The van der Waals surface area contributed by atoms with Gasteiger partial charge in [0.2, 0.25) is 0 Å². The predicted molar refractivity (Wildman–Crippen MR) is 144 cm³/mol. The van der Waals surface area contributed by atoms with Crippen LogP contribution in [0.2, 0.25) is 0 Å². The average Bonchev–Trinajstić information content (AvgIpc) is 2.89. The van der Waals surface area contributed by atoms with Gasteiger partial charge in [0.1, 0.15) is 6.04 Å². The van der Waals surface area contributed by atoms with Crippen LogP contribution in [0.5, 0.6) is 0 Å². The number of hydrogen-bond donors (Lipinski definition) is 2. The number of fused-ring (bicyclic) bond motifs is 2. The maximum atomic E-state index is 14.3. The van der Waals surface area contributed by atoms with Crippen molar-refractivity contribution in [2.45, 2.75) is 56.1 Å². The molecular formula is C28H33N3O5S. The molecule has 1 aliphatic heterocycles. The van der Waals surface area contributed by atoms with Crippen molar-refractivity contribution in [1.29, 1.82) is 0 Å². The van der Waals surface area contributed by atoms with Crippen molar-refractivity contribution in [3.05, 3.63) is 71.8 Å². The second kappa shape index (κ2) is 10.9. The Balaban J connectivity index is 1.85. The number of sulfonamides is 1. The number of rotatable bonds is 9. The first-order valence-electron chi connectivity index (χ1n) is 12.5. The third-order valence-electron chi connectivity index (χ3n) is 6.87. The summed E-state index contributed by atoms with van der Waals surface area (Å²) >= 11 is 0. The first-order chi connectivity index (χ1) is 17.7. The molecular weight excluding hydrogens is 490 g/mol. The summed E-state index contributed by atoms with van der Waals surface area (Å²) in [4.78, 5) is 28.2. The highest BCUT2D eigenvalue weighted by Crippen LogP contribution is 2.33. The van der Waals surface area contributed by atoms with Gasteiger partial charge in [-0.1, -0.05) is 68.3 Å². The van der Waals surface area contributed by atoms with Crippen LogP contribution in [-0.2, 0) is 32.6 Å².